The van der Waals surface area contributed by atoms with Gasteiger partial charge >= 0.3 is 0 Å². The van der Waals surface area contributed by atoms with Crippen LogP contribution in [0.1, 0.15) is 11.1 Å². The zero-order valence-corrected chi connectivity index (χ0v) is 7.67. The van der Waals surface area contributed by atoms with Gasteiger partial charge in [-0.05, 0) is 28.3 Å². The molecule has 0 unspecified atom stereocenters. The van der Waals surface area contributed by atoms with Crippen LogP contribution in [0.4, 0.5) is 0 Å². The number of hydrogen-bond acceptors (Lipinski definition) is 0. The highest BCUT2D eigenvalue weighted by Crippen LogP contribution is 2.34. The van der Waals surface area contributed by atoms with E-state index in [0.717, 1.165) is 0 Å². The Labute approximate surface area is 78.7 Å². The molecule has 1 heteroatoms. The normalized spacial score (nSPS) is 12.0. The molecule has 0 saturated carbocycles. The van der Waals surface area contributed by atoms with E-state index in [9.17, 15) is 0 Å². The highest BCUT2D eigenvalue weighted by atomic mass is 32.1. The van der Waals surface area contributed by atoms with Gasteiger partial charge in [-0.1, -0.05) is 36.4 Å². The van der Waals surface area contributed by atoms with Crippen molar-refractivity contribution < 1.29 is 0 Å². The first-order valence-corrected chi connectivity index (χ1v) is 3.95. The van der Waals surface area contributed by atoms with Gasteiger partial charge in [-0.25, -0.2) is 0 Å². The maximum Gasteiger partial charge on any atom is -0.00137 e. The second-order valence-corrected chi connectivity index (χ2v) is 3.10. The summed E-state index contributed by atoms with van der Waals surface area (Å²) in [5.41, 5.74) is 3.09. The monoisotopic (exact) mass is 174 g/mol. The maximum absolute atomic E-state index is 2.23. The zero-order valence-electron chi connectivity index (χ0n) is 6.67. The van der Waals surface area contributed by atoms with Crippen molar-refractivity contribution in [2.24, 2.45) is 0 Å². The fourth-order valence-corrected chi connectivity index (χ4v) is 1.68. The predicted octanol–water partition coefficient (Wildman–Crippen LogP) is 2.86. The predicted molar refractivity (Wildman–Crippen MR) is 57.1 cm³/mol. The molecule has 1 aliphatic carbocycles. The summed E-state index contributed by atoms with van der Waals surface area (Å²) in [5.74, 6) is 0. The number of rotatable bonds is 0. The Balaban J connectivity index is 0.000000563. The van der Waals surface area contributed by atoms with Gasteiger partial charge in [0.2, 0.25) is 0 Å². The molecule has 0 nitrogen and oxygen atoms in total. The molecule has 0 saturated heterocycles. The Kier molecular flexibility index (Phi) is 1.62. The van der Waals surface area contributed by atoms with Crippen molar-refractivity contribution in [2.45, 2.75) is 6.42 Å². The van der Waals surface area contributed by atoms with E-state index in [4.69, 9.17) is 0 Å². The molecule has 0 atom stereocenters. The standard InChI is InChI=1S/C11H8.H2S/c1-2-4-10-8(3-1)5-6-9-7-11(9)10;/h1-6H,7H2;1H2. The van der Waals surface area contributed by atoms with Crippen LogP contribution in [0.15, 0.2) is 36.4 Å². The van der Waals surface area contributed by atoms with E-state index in [1.807, 2.05) is 0 Å². The molecule has 0 bridgehead atoms. The Morgan fingerprint density at radius 2 is 1.75 bits per heavy atom. The molecular formula is C11H10S. The molecule has 60 valence electrons. The molecule has 12 heavy (non-hydrogen) atoms. The fraction of sp³-hybridized carbons (Fsp3) is 0.0909. The van der Waals surface area contributed by atoms with Gasteiger partial charge in [0, 0.05) is 0 Å². The van der Waals surface area contributed by atoms with E-state index in [1.54, 1.807) is 5.56 Å². The third-order valence-electron chi connectivity index (χ3n) is 2.38. The molecule has 0 amide bonds. The van der Waals surface area contributed by atoms with Crippen LogP contribution in [0, 0.1) is 0 Å². The summed E-state index contributed by atoms with van der Waals surface area (Å²) in [4.78, 5) is 0. The van der Waals surface area contributed by atoms with Gasteiger partial charge in [0.15, 0.2) is 0 Å². The highest BCUT2D eigenvalue weighted by molar-refractivity contribution is 7.59. The van der Waals surface area contributed by atoms with Gasteiger partial charge < -0.3 is 0 Å². The van der Waals surface area contributed by atoms with Crippen molar-refractivity contribution in [3.05, 3.63) is 47.5 Å². The molecule has 0 N–H and O–H groups in total. The molecule has 3 rings (SSSR count). The lowest BCUT2D eigenvalue weighted by atomic mass is 10.1. The molecular weight excluding hydrogens is 164 g/mol. The minimum atomic E-state index is 0. The summed E-state index contributed by atoms with van der Waals surface area (Å²) in [6.45, 7) is 0. The Hall–Kier alpha value is -0.950. The van der Waals surface area contributed by atoms with Crippen molar-refractivity contribution in [1.82, 2.24) is 0 Å². The summed E-state index contributed by atoms with van der Waals surface area (Å²) < 4.78 is 0. The molecule has 0 aromatic heterocycles. The minimum absolute atomic E-state index is 0. The number of benzene rings is 2. The van der Waals surface area contributed by atoms with Crippen molar-refractivity contribution >= 4 is 24.3 Å². The Morgan fingerprint density at radius 1 is 0.917 bits per heavy atom. The van der Waals surface area contributed by atoms with Crippen molar-refractivity contribution in [2.75, 3.05) is 0 Å². The first kappa shape index (κ1) is 7.69. The van der Waals surface area contributed by atoms with Crippen molar-refractivity contribution in [3.63, 3.8) is 0 Å². The van der Waals surface area contributed by atoms with Gasteiger partial charge in [-0.3, -0.25) is 0 Å². The Bertz CT molecular complexity index is 432. The van der Waals surface area contributed by atoms with Gasteiger partial charge in [-0.2, -0.15) is 13.5 Å². The molecule has 0 radical (unpaired) electrons. The van der Waals surface area contributed by atoms with Gasteiger partial charge in [0.25, 0.3) is 0 Å². The van der Waals surface area contributed by atoms with Crippen LogP contribution in [-0.4, -0.2) is 0 Å². The number of fused-ring (bicyclic) bond motifs is 3. The third-order valence-corrected chi connectivity index (χ3v) is 2.38. The average Bonchev–Trinajstić information content (AvgIpc) is 2.83. The largest absolute Gasteiger partial charge is 0.197 e. The molecule has 1 aliphatic rings. The molecule has 0 fully saturated rings. The smallest absolute Gasteiger partial charge is 0.00137 e. The topological polar surface area (TPSA) is 0 Å². The Morgan fingerprint density at radius 3 is 2.67 bits per heavy atom. The molecule has 2 aromatic carbocycles. The minimum Gasteiger partial charge on any atom is -0.197 e. The molecule has 0 aliphatic heterocycles. The summed E-state index contributed by atoms with van der Waals surface area (Å²) in [5, 5.41) is 2.83. The molecule has 0 heterocycles. The van der Waals surface area contributed by atoms with Crippen LogP contribution in [0.2, 0.25) is 0 Å². The van der Waals surface area contributed by atoms with E-state index >= 15 is 0 Å². The molecule has 0 spiro atoms. The van der Waals surface area contributed by atoms with E-state index in [2.05, 4.69) is 36.4 Å². The van der Waals surface area contributed by atoms with Gasteiger partial charge in [0.1, 0.15) is 0 Å². The first-order chi connectivity index (χ1) is 5.45. The average molecular weight is 174 g/mol. The lowest BCUT2D eigenvalue weighted by Gasteiger charge is -1.92. The quantitative estimate of drug-likeness (QED) is 0.491. The molecule has 2 aromatic rings. The highest BCUT2D eigenvalue weighted by Gasteiger charge is 2.18. The summed E-state index contributed by atoms with van der Waals surface area (Å²) in [7, 11) is 0. The van der Waals surface area contributed by atoms with Crippen LogP contribution < -0.4 is 0 Å². The fourth-order valence-electron chi connectivity index (χ4n) is 1.68. The van der Waals surface area contributed by atoms with Gasteiger partial charge in [-0.15, -0.1) is 0 Å². The second-order valence-electron chi connectivity index (χ2n) is 3.10. The summed E-state index contributed by atoms with van der Waals surface area (Å²) >= 11 is 0. The van der Waals surface area contributed by atoms with E-state index in [1.165, 1.54) is 22.8 Å². The van der Waals surface area contributed by atoms with E-state index in [-0.39, 0.29) is 13.5 Å². The van der Waals surface area contributed by atoms with Crippen LogP contribution in [0.5, 0.6) is 0 Å². The maximum atomic E-state index is 2.23. The third kappa shape index (κ3) is 0.935. The van der Waals surface area contributed by atoms with Crippen molar-refractivity contribution in [3.8, 4) is 0 Å². The van der Waals surface area contributed by atoms with Crippen LogP contribution in [0.3, 0.4) is 0 Å². The first-order valence-electron chi connectivity index (χ1n) is 3.95. The zero-order chi connectivity index (χ0) is 7.26. The summed E-state index contributed by atoms with van der Waals surface area (Å²) in [6, 6.07) is 13.0. The lowest BCUT2D eigenvalue weighted by molar-refractivity contribution is 1.62. The van der Waals surface area contributed by atoms with Crippen LogP contribution in [0.25, 0.3) is 10.8 Å². The SMILES string of the molecule is S.c1ccc2c3c(ccc2c1)C3. The van der Waals surface area contributed by atoms with E-state index < -0.39 is 0 Å². The van der Waals surface area contributed by atoms with Crippen LogP contribution in [-0.2, 0) is 6.42 Å². The van der Waals surface area contributed by atoms with Crippen molar-refractivity contribution in [1.29, 1.82) is 0 Å². The van der Waals surface area contributed by atoms with E-state index in [0.29, 0.717) is 0 Å². The second kappa shape index (κ2) is 2.53. The number of hydrogen-bond donors (Lipinski definition) is 0. The lowest BCUT2D eigenvalue weighted by Crippen LogP contribution is -1.67. The summed E-state index contributed by atoms with van der Waals surface area (Å²) in [6.07, 6.45) is 1.22. The van der Waals surface area contributed by atoms with Crippen LogP contribution >= 0.6 is 13.5 Å². The van der Waals surface area contributed by atoms with Gasteiger partial charge in [0.05, 0.1) is 0 Å².